The number of methoxy groups -OCH3 is 1. The van der Waals surface area contributed by atoms with E-state index in [9.17, 15) is 18.0 Å². The summed E-state index contributed by atoms with van der Waals surface area (Å²) in [5.41, 5.74) is 1.31. The normalized spacial score (nSPS) is 19.7. The molecule has 1 saturated heterocycles. The van der Waals surface area contributed by atoms with Gasteiger partial charge >= 0.3 is 11.8 Å². The van der Waals surface area contributed by atoms with Crippen LogP contribution in [0.5, 0.6) is 5.75 Å². The summed E-state index contributed by atoms with van der Waals surface area (Å²) in [6, 6.07) is 6.07. The van der Waals surface area contributed by atoms with Gasteiger partial charge < -0.3 is 20.1 Å². The van der Waals surface area contributed by atoms with Gasteiger partial charge in [0.2, 0.25) is 10.0 Å². The SMILES string of the molecule is COc1ccc(S(=O)(=O)N2CCCO[C@@H]2CNC(=O)C(=O)NCCC2=CCCCC2)cc1. The van der Waals surface area contributed by atoms with Crippen molar-refractivity contribution in [2.75, 3.05) is 33.4 Å². The lowest BCUT2D eigenvalue weighted by Gasteiger charge is -2.34. The van der Waals surface area contributed by atoms with Gasteiger partial charge in [-0.2, -0.15) is 4.31 Å². The lowest BCUT2D eigenvalue weighted by atomic mass is 9.97. The van der Waals surface area contributed by atoms with Crippen molar-refractivity contribution in [3.63, 3.8) is 0 Å². The fourth-order valence-corrected chi connectivity index (χ4v) is 5.36. The van der Waals surface area contributed by atoms with Crippen molar-refractivity contribution in [3.05, 3.63) is 35.9 Å². The summed E-state index contributed by atoms with van der Waals surface area (Å²) in [5, 5.41) is 5.11. The highest BCUT2D eigenvalue weighted by Gasteiger charge is 2.35. The molecule has 0 radical (unpaired) electrons. The second-order valence-electron chi connectivity index (χ2n) is 7.79. The van der Waals surface area contributed by atoms with Crippen molar-refractivity contribution in [2.45, 2.75) is 49.6 Å². The van der Waals surface area contributed by atoms with E-state index in [1.165, 1.54) is 35.5 Å². The van der Waals surface area contributed by atoms with Gasteiger partial charge in [0.15, 0.2) is 0 Å². The third-order valence-electron chi connectivity index (χ3n) is 5.58. The summed E-state index contributed by atoms with van der Waals surface area (Å²) >= 11 is 0. The van der Waals surface area contributed by atoms with Crippen LogP contribution in [0, 0.1) is 0 Å². The highest BCUT2D eigenvalue weighted by atomic mass is 32.2. The molecule has 2 amide bonds. The van der Waals surface area contributed by atoms with Crippen LogP contribution in [0.2, 0.25) is 0 Å². The molecule has 0 saturated carbocycles. The Kier molecular flexibility index (Phi) is 8.66. The Balaban J connectivity index is 1.53. The monoisotopic (exact) mass is 465 g/mol. The zero-order chi connectivity index (χ0) is 23.0. The average molecular weight is 466 g/mol. The number of nitrogens with one attached hydrogen (secondary N) is 2. The van der Waals surface area contributed by atoms with Gasteiger partial charge in [0, 0.05) is 13.1 Å². The maximum atomic E-state index is 13.1. The van der Waals surface area contributed by atoms with Gasteiger partial charge in [-0.05, 0) is 62.8 Å². The summed E-state index contributed by atoms with van der Waals surface area (Å²) in [4.78, 5) is 24.4. The molecule has 9 nitrogen and oxygen atoms in total. The summed E-state index contributed by atoms with van der Waals surface area (Å²) in [7, 11) is -2.33. The number of hydrogen-bond acceptors (Lipinski definition) is 6. The summed E-state index contributed by atoms with van der Waals surface area (Å²) in [6.07, 6.45) is 7.06. The Labute approximate surface area is 189 Å². The molecule has 10 heteroatoms. The van der Waals surface area contributed by atoms with E-state index in [1.54, 1.807) is 12.1 Å². The third-order valence-corrected chi connectivity index (χ3v) is 7.48. The van der Waals surface area contributed by atoms with Crippen LogP contribution in [0.1, 0.15) is 38.5 Å². The van der Waals surface area contributed by atoms with Crippen molar-refractivity contribution in [1.82, 2.24) is 14.9 Å². The first-order valence-electron chi connectivity index (χ1n) is 10.9. The van der Waals surface area contributed by atoms with Crippen LogP contribution in [0.25, 0.3) is 0 Å². The van der Waals surface area contributed by atoms with Crippen LogP contribution in [-0.4, -0.2) is 64.1 Å². The molecule has 1 heterocycles. The molecular formula is C22H31N3O6S. The molecule has 1 aliphatic heterocycles. The number of allylic oxidation sites excluding steroid dienone is 1. The predicted octanol–water partition coefficient (Wildman–Crippen LogP) is 1.56. The Hall–Kier alpha value is -2.43. The van der Waals surface area contributed by atoms with Gasteiger partial charge in [-0.3, -0.25) is 9.59 Å². The van der Waals surface area contributed by atoms with Crippen molar-refractivity contribution >= 4 is 21.8 Å². The topological polar surface area (TPSA) is 114 Å². The minimum atomic E-state index is -3.84. The molecule has 0 bridgehead atoms. The van der Waals surface area contributed by atoms with Crippen molar-refractivity contribution in [1.29, 1.82) is 0 Å². The van der Waals surface area contributed by atoms with Gasteiger partial charge in [-0.1, -0.05) is 11.6 Å². The quantitative estimate of drug-likeness (QED) is 0.445. The van der Waals surface area contributed by atoms with Gasteiger partial charge in [-0.15, -0.1) is 0 Å². The first-order chi connectivity index (χ1) is 15.4. The van der Waals surface area contributed by atoms with Crippen molar-refractivity contribution in [2.24, 2.45) is 0 Å². The molecule has 1 aromatic carbocycles. The minimum Gasteiger partial charge on any atom is -0.497 e. The van der Waals surface area contributed by atoms with Crippen LogP contribution < -0.4 is 15.4 Å². The van der Waals surface area contributed by atoms with E-state index in [2.05, 4.69) is 16.7 Å². The molecule has 1 fully saturated rings. The van der Waals surface area contributed by atoms with Crippen LogP contribution in [0.4, 0.5) is 0 Å². The lowest BCUT2D eigenvalue weighted by Crippen LogP contribution is -2.53. The van der Waals surface area contributed by atoms with Crippen LogP contribution in [0.3, 0.4) is 0 Å². The minimum absolute atomic E-state index is 0.106. The van der Waals surface area contributed by atoms with E-state index < -0.39 is 28.1 Å². The molecule has 176 valence electrons. The van der Waals surface area contributed by atoms with Crippen molar-refractivity contribution < 1.29 is 27.5 Å². The van der Waals surface area contributed by atoms with Crippen LogP contribution in [-0.2, 0) is 24.3 Å². The van der Waals surface area contributed by atoms with Crippen LogP contribution >= 0.6 is 0 Å². The molecule has 0 aromatic heterocycles. The Bertz CT molecular complexity index is 929. The number of hydrogen-bond donors (Lipinski definition) is 2. The van der Waals surface area contributed by atoms with E-state index in [1.807, 2.05) is 0 Å². The number of nitrogens with zero attached hydrogens (tertiary/aromatic N) is 1. The van der Waals surface area contributed by atoms with Gasteiger partial charge in [-0.25, -0.2) is 8.42 Å². The smallest absolute Gasteiger partial charge is 0.309 e. The third kappa shape index (κ3) is 6.30. The Morgan fingerprint density at radius 2 is 1.88 bits per heavy atom. The number of amides is 2. The number of carbonyl (C=O) groups is 2. The zero-order valence-corrected chi connectivity index (χ0v) is 19.2. The second-order valence-corrected chi connectivity index (χ2v) is 9.68. The average Bonchev–Trinajstić information content (AvgIpc) is 2.83. The predicted molar refractivity (Wildman–Crippen MR) is 118 cm³/mol. The largest absolute Gasteiger partial charge is 0.497 e. The van der Waals surface area contributed by atoms with Gasteiger partial charge in [0.1, 0.15) is 12.0 Å². The summed E-state index contributed by atoms with van der Waals surface area (Å²) < 4.78 is 38.0. The van der Waals surface area contributed by atoms with Gasteiger partial charge in [0.25, 0.3) is 0 Å². The Morgan fingerprint density at radius 3 is 2.56 bits per heavy atom. The fraction of sp³-hybridized carbons (Fsp3) is 0.545. The van der Waals surface area contributed by atoms with E-state index in [4.69, 9.17) is 9.47 Å². The second kappa shape index (κ2) is 11.4. The molecule has 2 aliphatic rings. The standard InChI is InChI=1S/C22H31N3O6S/c1-30-18-8-10-19(11-9-18)32(28,29)25-14-5-15-31-20(25)16-24-22(27)21(26)23-13-12-17-6-3-2-4-7-17/h6,8-11,20H,2-5,7,12-16H2,1H3,(H,23,26)(H,24,27)/t20-/m1/s1. The van der Waals surface area contributed by atoms with E-state index in [0.717, 1.165) is 25.7 Å². The lowest BCUT2D eigenvalue weighted by molar-refractivity contribution is -0.140. The Morgan fingerprint density at radius 1 is 1.12 bits per heavy atom. The van der Waals surface area contributed by atoms with E-state index in [-0.39, 0.29) is 18.0 Å². The molecule has 0 spiro atoms. The maximum absolute atomic E-state index is 13.1. The van der Waals surface area contributed by atoms with Gasteiger partial charge in [0.05, 0.1) is 25.2 Å². The highest BCUT2D eigenvalue weighted by Crippen LogP contribution is 2.24. The number of ether oxygens (including phenoxy) is 2. The van der Waals surface area contributed by atoms with Crippen LogP contribution in [0.15, 0.2) is 40.8 Å². The first-order valence-corrected chi connectivity index (χ1v) is 12.4. The zero-order valence-electron chi connectivity index (χ0n) is 18.3. The molecule has 1 aromatic rings. The fourth-order valence-electron chi connectivity index (χ4n) is 3.79. The molecule has 0 unspecified atom stereocenters. The molecular weight excluding hydrogens is 434 g/mol. The molecule has 2 N–H and O–H groups in total. The number of rotatable bonds is 8. The van der Waals surface area contributed by atoms with E-state index in [0.29, 0.717) is 25.3 Å². The maximum Gasteiger partial charge on any atom is 0.309 e. The number of benzene rings is 1. The molecule has 1 atom stereocenters. The molecule has 32 heavy (non-hydrogen) atoms. The number of carbonyl (C=O) groups excluding carboxylic acids is 2. The molecule has 1 aliphatic carbocycles. The first kappa shape index (κ1) is 24.2. The number of sulfonamides is 1. The summed E-state index contributed by atoms with van der Waals surface area (Å²) in [6.45, 7) is 0.912. The summed E-state index contributed by atoms with van der Waals surface area (Å²) in [5.74, 6) is -0.992. The van der Waals surface area contributed by atoms with Crippen molar-refractivity contribution in [3.8, 4) is 5.75 Å². The highest BCUT2D eigenvalue weighted by molar-refractivity contribution is 7.89. The molecule has 3 rings (SSSR count). The van der Waals surface area contributed by atoms with E-state index >= 15 is 0 Å².